The summed E-state index contributed by atoms with van der Waals surface area (Å²) in [5.41, 5.74) is 21.0. The monoisotopic (exact) mass is 810 g/mol. The zero-order valence-electron chi connectivity index (χ0n) is 37.0. The second-order valence-corrected chi connectivity index (χ2v) is 19.5. The summed E-state index contributed by atoms with van der Waals surface area (Å²) in [6.07, 6.45) is 0. The van der Waals surface area contributed by atoms with Gasteiger partial charge in [-0.05, 0) is 137 Å². The van der Waals surface area contributed by atoms with Crippen LogP contribution in [0.5, 0.6) is 0 Å². The maximum Gasteiger partial charge on any atom is 0.252 e. The molecule has 0 saturated carbocycles. The Hall–Kier alpha value is -7.10. The quantitative estimate of drug-likeness (QED) is 0.160. The SMILES string of the molecule is CC(C)(C)c1ccc(N2c3ccc(C(C)(C)C)cc3B3c4cc(-c5ccccc5)ccc4N(c4ccc(-c5ccccc5)cc4)c4cc(-c5ccc6ccccc6c5)cc2c43)cc1. The zero-order chi connectivity index (χ0) is 43.0. The van der Waals surface area contributed by atoms with E-state index in [0.29, 0.717) is 0 Å². The molecule has 3 heteroatoms. The van der Waals surface area contributed by atoms with E-state index in [-0.39, 0.29) is 17.5 Å². The molecule has 0 aromatic heterocycles. The summed E-state index contributed by atoms with van der Waals surface area (Å²) in [6.45, 7) is 13.9. The summed E-state index contributed by atoms with van der Waals surface area (Å²) < 4.78 is 0. The highest BCUT2D eigenvalue weighted by Gasteiger charge is 2.44. The van der Waals surface area contributed by atoms with Crippen molar-refractivity contribution in [1.29, 1.82) is 0 Å². The van der Waals surface area contributed by atoms with E-state index in [1.165, 1.54) is 94.4 Å². The summed E-state index contributed by atoms with van der Waals surface area (Å²) in [6, 6.07) is 75.0. The molecule has 304 valence electrons. The van der Waals surface area contributed by atoms with E-state index in [4.69, 9.17) is 0 Å². The van der Waals surface area contributed by atoms with Crippen molar-refractivity contribution >= 4 is 68.0 Å². The third-order valence-electron chi connectivity index (χ3n) is 13.3. The van der Waals surface area contributed by atoms with Gasteiger partial charge in [0.25, 0.3) is 6.71 Å². The van der Waals surface area contributed by atoms with Crippen LogP contribution < -0.4 is 26.2 Å². The molecule has 0 radical (unpaired) electrons. The summed E-state index contributed by atoms with van der Waals surface area (Å²) in [5, 5.41) is 2.48. The van der Waals surface area contributed by atoms with E-state index in [2.05, 4.69) is 252 Å². The summed E-state index contributed by atoms with van der Waals surface area (Å²) in [4.78, 5) is 5.09. The van der Waals surface area contributed by atoms with Crippen LogP contribution in [0.25, 0.3) is 44.2 Å². The van der Waals surface area contributed by atoms with Crippen molar-refractivity contribution < 1.29 is 0 Å². The first-order chi connectivity index (χ1) is 30.5. The van der Waals surface area contributed by atoms with Gasteiger partial charge in [0.1, 0.15) is 0 Å². The van der Waals surface area contributed by atoms with Crippen LogP contribution in [0.2, 0.25) is 0 Å². The van der Waals surface area contributed by atoms with Crippen LogP contribution in [0.15, 0.2) is 200 Å². The van der Waals surface area contributed by atoms with Crippen molar-refractivity contribution in [3.63, 3.8) is 0 Å². The highest BCUT2D eigenvalue weighted by atomic mass is 15.2. The number of hydrogen-bond donors (Lipinski definition) is 0. The molecule has 63 heavy (non-hydrogen) atoms. The van der Waals surface area contributed by atoms with Crippen LogP contribution in [0.1, 0.15) is 52.7 Å². The smallest absolute Gasteiger partial charge is 0.252 e. The van der Waals surface area contributed by atoms with Gasteiger partial charge in [-0.15, -0.1) is 0 Å². The summed E-state index contributed by atoms with van der Waals surface area (Å²) in [7, 11) is 0. The summed E-state index contributed by atoms with van der Waals surface area (Å²) >= 11 is 0. The third-order valence-corrected chi connectivity index (χ3v) is 13.3. The van der Waals surface area contributed by atoms with Crippen molar-refractivity contribution in [2.24, 2.45) is 0 Å². The fourth-order valence-electron chi connectivity index (χ4n) is 9.92. The fraction of sp³-hybridized carbons (Fsp3) is 0.133. The molecule has 2 heterocycles. The van der Waals surface area contributed by atoms with Gasteiger partial charge in [0.2, 0.25) is 0 Å². The van der Waals surface area contributed by atoms with E-state index >= 15 is 0 Å². The Labute approximate surface area is 373 Å². The lowest BCUT2D eigenvalue weighted by Crippen LogP contribution is -2.61. The third kappa shape index (κ3) is 6.75. The minimum Gasteiger partial charge on any atom is -0.311 e. The van der Waals surface area contributed by atoms with Gasteiger partial charge >= 0.3 is 0 Å². The molecule has 0 saturated heterocycles. The van der Waals surface area contributed by atoms with Crippen LogP contribution >= 0.6 is 0 Å². The van der Waals surface area contributed by atoms with Crippen molar-refractivity contribution in [2.75, 3.05) is 9.80 Å². The molecule has 0 bridgehead atoms. The number of fused-ring (bicyclic) bond motifs is 5. The number of anilines is 6. The fourth-order valence-corrected chi connectivity index (χ4v) is 9.92. The molecule has 0 spiro atoms. The topological polar surface area (TPSA) is 6.48 Å². The first-order valence-electron chi connectivity index (χ1n) is 22.4. The van der Waals surface area contributed by atoms with E-state index in [1.54, 1.807) is 0 Å². The molecule has 0 aliphatic carbocycles. The van der Waals surface area contributed by atoms with Crippen LogP contribution in [0.4, 0.5) is 34.1 Å². The average molecular weight is 811 g/mol. The van der Waals surface area contributed by atoms with E-state index in [1.807, 2.05) is 0 Å². The van der Waals surface area contributed by atoms with Crippen LogP contribution in [-0.4, -0.2) is 6.71 Å². The highest BCUT2D eigenvalue weighted by Crippen LogP contribution is 2.47. The largest absolute Gasteiger partial charge is 0.311 e. The van der Waals surface area contributed by atoms with E-state index in [9.17, 15) is 0 Å². The van der Waals surface area contributed by atoms with Gasteiger partial charge in [-0.3, -0.25) is 0 Å². The Bertz CT molecular complexity index is 3170. The maximum atomic E-state index is 2.55. The van der Waals surface area contributed by atoms with Gasteiger partial charge in [-0.25, -0.2) is 0 Å². The molecule has 0 fully saturated rings. The second kappa shape index (κ2) is 14.8. The lowest BCUT2D eigenvalue weighted by Gasteiger charge is -2.45. The molecular formula is C60H51BN2. The van der Waals surface area contributed by atoms with Crippen LogP contribution in [0, 0.1) is 0 Å². The van der Waals surface area contributed by atoms with Gasteiger partial charge in [0.05, 0.1) is 0 Å². The molecule has 11 rings (SSSR count). The highest BCUT2D eigenvalue weighted by molar-refractivity contribution is 7.00. The van der Waals surface area contributed by atoms with Gasteiger partial charge < -0.3 is 9.80 Å². The Morgan fingerprint density at radius 3 is 1.37 bits per heavy atom. The standard InChI is InChI=1S/C60H51BN2/c1-59(2,3)48-26-31-51(32-27-48)63-55-34-28-49(60(4,5)6)39-53(55)61-52-36-46(41-17-11-8-12-18-41)25-33-54(52)62(50-29-23-43(24-30-50)40-15-9-7-10-16-40)56-37-47(38-57(63)58(56)61)45-22-21-42-19-13-14-20-44(42)35-45/h7-39H,1-6H3. The molecule has 0 N–H and O–H groups in total. The molecule has 2 aliphatic rings. The van der Waals surface area contributed by atoms with Crippen LogP contribution in [-0.2, 0) is 10.8 Å². The van der Waals surface area contributed by atoms with Crippen molar-refractivity contribution in [3.8, 4) is 33.4 Å². The molecule has 0 atom stereocenters. The molecule has 9 aromatic rings. The average Bonchev–Trinajstić information content (AvgIpc) is 3.31. The van der Waals surface area contributed by atoms with Crippen molar-refractivity contribution in [2.45, 2.75) is 52.4 Å². The summed E-state index contributed by atoms with van der Waals surface area (Å²) in [5.74, 6) is 0. The Kier molecular flexibility index (Phi) is 9.10. The molecule has 9 aromatic carbocycles. The van der Waals surface area contributed by atoms with Gasteiger partial charge in [-0.2, -0.15) is 0 Å². The minimum atomic E-state index is -0.0345. The number of nitrogens with zero attached hydrogens (tertiary/aromatic N) is 2. The molecule has 0 amide bonds. The predicted molar refractivity (Wildman–Crippen MR) is 272 cm³/mol. The lowest BCUT2D eigenvalue weighted by atomic mass is 9.33. The van der Waals surface area contributed by atoms with Crippen LogP contribution in [0.3, 0.4) is 0 Å². The van der Waals surface area contributed by atoms with Crippen molar-refractivity contribution in [3.05, 3.63) is 211 Å². The predicted octanol–water partition coefficient (Wildman–Crippen LogP) is 14.5. The molecule has 2 aliphatic heterocycles. The van der Waals surface area contributed by atoms with E-state index < -0.39 is 0 Å². The maximum absolute atomic E-state index is 2.55. The minimum absolute atomic E-state index is 0.0124. The number of benzene rings is 9. The van der Waals surface area contributed by atoms with Crippen molar-refractivity contribution in [1.82, 2.24) is 0 Å². The molecule has 0 unspecified atom stereocenters. The van der Waals surface area contributed by atoms with Gasteiger partial charge in [0.15, 0.2) is 0 Å². The zero-order valence-corrected chi connectivity index (χ0v) is 37.0. The Morgan fingerprint density at radius 2 is 0.762 bits per heavy atom. The first kappa shape index (κ1) is 38.8. The van der Waals surface area contributed by atoms with Gasteiger partial charge in [-0.1, -0.05) is 187 Å². The first-order valence-corrected chi connectivity index (χ1v) is 22.4. The number of hydrogen-bond acceptors (Lipinski definition) is 2. The number of rotatable bonds is 5. The van der Waals surface area contributed by atoms with Gasteiger partial charge in [0, 0.05) is 34.1 Å². The van der Waals surface area contributed by atoms with E-state index in [0.717, 1.165) is 11.4 Å². The molecule has 2 nitrogen and oxygen atoms in total. The second-order valence-electron chi connectivity index (χ2n) is 19.5. The lowest BCUT2D eigenvalue weighted by molar-refractivity contribution is 0.590. The molecular weight excluding hydrogens is 759 g/mol. The normalized spacial score (nSPS) is 13.1. The Balaban J connectivity index is 1.23. The Morgan fingerprint density at radius 1 is 0.317 bits per heavy atom.